The number of carboxylic acid groups (broad SMARTS) is 1. The average Bonchev–Trinajstić information content (AvgIpc) is 1.63. The number of halogens is 3. The second kappa shape index (κ2) is 47.4. The number of sulfonamides is 1. The molecule has 4 aromatic heterocycles. The molecule has 4 unspecified atom stereocenters. The molecule has 4 atom stereocenters. The summed E-state index contributed by atoms with van der Waals surface area (Å²) in [5.41, 5.74) is 11.4. The number of nitrogens with two attached hydrogens (primary N) is 1. The van der Waals surface area contributed by atoms with E-state index in [2.05, 4.69) is 72.5 Å². The number of primary sulfonamides is 1. The minimum Gasteiger partial charge on any atom is -0.507 e. The number of aliphatic hydroxyl groups is 1. The zero-order valence-corrected chi connectivity index (χ0v) is 76.0. The van der Waals surface area contributed by atoms with Crippen LogP contribution in [0.25, 0.3) is 39.5 Å². The Labute approximate surface area is 755 Å². The zero-order valence-electron chi connectivity index (χ0n) is 66.7. The number of carbonyl (C=O) groups is 6. The van der Waals surface area contributed by atoms with Crippen molar-refractivity contribution in [2.24, 2.45) is 28.8 Å². The standard InChI is InChI=1S/C21H22N4O4S2.C17H17NO3.C16H15NO3.C12H11BrO4.C12H13BrO3.C10H9BrO2.2CH4.CH3.W/c1-13-20(31(22,27)28)30-21(24-13)25(2)19(26)16-8-10-29-18-12-14(6-7-15(18)11-16)17-5-3-4-9-23-17;1-20-17(19)14-7-9-21-16-11-12(5-6-13(16)10-14)15-4-2-3-8-18-15;18-16(19)13-6-8-20-15-10-11(4-5-12(15)9-13)14-3-1-2-7-17-14;1-16-12(15)9-4-5-17-10-6-7(13)2-3-8(10)11(9)14;1-15-12(14)9-4-5-16-11-7-10(13)3-2-8(11)6-9;11-7-3-4-8-9(12)2-1-5-13-10(8)6-7;;;;/h3-7,9,12,16H,8,10-11H2,1-2H3,(H2,22,27,28);2-6,8,11,14H,7,9-10H2,1H3;1-5,7,10,13H,6,8-9H2,(H,18,19);2-3,6,14H,4-5H2,1H3;2-3,7,9H,4-6H2,1H3;3-4,6H,1-2,5H2;2*1H4;1H3;/q;;;;;;;;-1;. The fourth-order valence-corrected chi connectivity index (χ4v) is 16.5. The summed E-state index contributed by atoms with van der Waals surface area (Å²) in [6, 6.07) is 51.7. The van der Waals surface area contributed by atoms with E-state index in [0.29, 0.717) is 137 Å². The number of carbonyl (C=O) groups excluding carboxylic acids is 5. The number of esters is 3. The van der Waals surface area contributed by atoms with Crippen LogP contribution < -0.4 is 38.5 Å². The van der Waals surface area contributed by atoms with Gasteiger partial charge < -0.3 is 60.3 Å². The van der Waals surface area contributed by atoms with E-state index < -0.39 is 22.0 Å². The van der Waals surface area contributed by atoms with Gasteiger partial charge in [-0.05, 0) is 190 Å². The first-order valence-corrected chi connectivity index (χ1v) is 42.6. The van der Waals surface area contributed by atoms with Crippen LogP contribution in [-0.4, -0.2) is 142 Å². The maximum Gasteiger partial charge on any atom is 0.337 e. The number of benzene rings is 6. The monoisotopic (exact) mass is 2060 g/mol. The molecule has 31 heteroatoms. The maximum atomic E-state index is 13.2. The number of aromatic nitrogens is 4. The van der Waals surface area contributed by atoms with Crippen molar-refractivity contribution in [1.29, 1.82) is 0 Å². The van der Waals surface area contributed by atoms with Crippen LogP contribution in [0.1, 0.15) is 104 Å². The molecular weight excluding hydrogens is 1970 g/mol. The first-order chi connectivity index (χ1) is 56.9. The molecule has 10 aromatic rings. The normalized spacial score (nSPS) is 16.3. The predicted molar refractivity (Wildman–Crippen MR) is 475 cm³/mol. The number of ketones is 1. The Morgan fingerprint density at radius 1 is 0.508 bits per heavy atom. The number of nitrogens with zero attached hydrogens (tertiary/aromatic N) is 5. The Kier molecular flexibility index (Phi) is 38.5. The van der Waals surface area contributed by atoms with Crippen molar-refractivity contribution in [3.63, 3.8) is 0 Å². The third kappa shape index (κ3) is 26.7. The quantitative estimate of drug-likeness (QED) is 0.0650. The SMILES string of the molecule is C.C.COC(=O)C1=C(O)c2ccc(Br)cc2OCC1.COC(=O)C1CCOc2cc(-c3ccccn3)ccc2C1.COC(=O)C1CCOc2cc(Br)ccc2C1.Cc1nc(N(C)C(=O)C2CCOc3cc(-c4ccccn4)ccc3C2)sc1S(N)(=O)=O.O=C(O)C1CCOc2cc(-c3ccccn3)ccc2C1.O=C1CCCOc2cc(Br)ccc21.[CH3-].[W]. The van der Waals surface area contributed by atoms with E-state index in [-0.39, 0.29) is 106 Å². The number of fused-ring (bicyclic) bond motifs is 6. The molecule has 6 aromatic carbocycles. The number of hydrogen-bond acceptors (Lipinski definition) is 23. The molecule has 122 heavy (non-hydrogen) atoms. The number of pyridine rings is 3. The van der Waals surface area contributed by atoms with Crippen molar-refractivity contribution in [2.45, 2.75) is 96.6 Å². The Balaban J connectivity index is 0.000000204. The topological polar surface area (TPSA) is 341 Å². The Bertz CT molecular complexity index is 5400. The second-order valence-corrected chi connectivity index (χ2v) is 33.3. The van der Waals surface area contributed by atoms with Crippen LogP contribution >= 0.6 is 59.1 Å². The number of hydrogen-bond donors (Lipinski definition) is 3. The Hall–Kier alpha value is -10.2. The van der Waals surface area contributed by atoms with Crippen LogP contribution in [0.2, 0.25) is 0 Å². The first-order valence-electron chi connectivity index (χ1n) is 37.8. The summed E-state index contributed by atoms with van der Waals surface area (Å²) >= 11 is 11.0. The summed E-state index contributed by atoms with van der Waals surface area (Å²) in [4.78, 5) is 89.2. The van der Waals surface area contributed by atoms with Crippen LogP contribution in [0.5, 0.6) is 34.5 Å². The fraction of sp³-hybridized carbons (Fsp3) is 0.308. The van der Waals surface area contributed by atoms with Crippen molar-refractivity contribution in [3.8, 4) is 68.3 Å². The number of rotatable bonds is 10. The summed E-state index contributed by atoms with van der Waals surface area (Å²) in [6.07, 6.45) is 11.9. The number of carboxylic acids is 1. The third-order valence-corrected chi connectivity index (χ3v) is 24.1. The van der Waals surface area contributed by atoms with Gasteiger partial charge in [-0.15, -0.1) is 0 Å². The van der Waals surface area contributed by atoms with E-state index in [1.54, 1.807) is 50.8 Å². The van der Waals surface area contributed by atoms with E-state index in [0.717, 1.165) is 110 Å². The van der Waals surface area contributed by atoms with E-state index in [4.69, 9.17) is 48.1 Å². The van der Waals surface area contributed by atoms with Gasteiger partial charge in [0.15, 0.2) is 15.1 Å². The number of ether oxygens (including phenoxy) is 9. The summed E-state index contributed by atoms with van der Waals surface area (Å²) in [5, 5.41) is 24.8. The molecule has 0 aliphatic carbocycles. The van der Waals surface area contributed by atoms with Crippen LogP contribution in [0, 0.1) is 38.0 Å². The molecule has 6 aliphatic heterocycles. The molecule has 4 N–H and O–H groups in total. The molecule has 0 fully saturated rings. The van der Waals surface area contributed by atoms with Gasteiger partial charge in [-0.2, -0.15) is 0 Å². The third-order valence-electron chi connectivity index (χ3n) is 19.8. The molecule has 0 bridgehead atoms. The van der Waals surface area contributed by atoms with Crippen LogP contribution in [-0.2, 0) is 95.0 Å². The number of thiazole rings is 1. The average molecular weight is 2070 g/mol. The predicted octanol–water partition coefficient (Wildman–Crippen LogP) is 18.2. The smallest absolute Gasteiger partial charge is 0.337 e. The second-order valence-electron chi connectivity index (χ2n) is 27.8. The zero-order chi connectivity index (χ0) is 84.0. The molecule has 0 saturated heterocycles. The molecule has 646 valence electrons. The van der Waals surface area contributed by atoms with Gasteiger partial charge in [0, 0.05) is 95.6 Å². The summed E-state index contributed by atoms with van der Waals surface area (Å²) in [7, 11) is 1.87. The van der Waals surface area contributed by atoms with E-state index in [1.807, 2.05) is 146 Å². The molecular formula is C91H98Br3N6O19S2W-. The largest absolute Gasteiger partial charge is 0.507 e. The van der Waals surface area contributed by atoms with Gasteiger partial charge in [0.2, 0.25) is 15.9 Å². The molecule has 0 radical (unpaired) electrons. The number of aliphatic carboxylic acids is 1. The van der Waals surface area contributed by atoms with Gasteiger partial charge >= 0.3 is 23.9 Å². The number of methoxy groups -OCH3 is 3. The van der Waals surface area contributed by atoms with Gasteiger partial charge in [0.1, 0.15) is 40.3 Å². The van der Waals surface area contributed by atoms with E-state index in [9.17, 15) is 42.3 Å². The Morgan fingerprint density at radius 3 is 1.32 bits per heavy atom. The van der Waals surface area contributed by atoms with Gasteiger partial charge in [-0.1, -0.05) is 135 Å². The molecule has 0 saturated carbocycles. The summed E-state index contributed by atoms with van der Waals surface area (Å²) < 4.78 is 74.4. The van der Waals surface area contributed by atoms with Crippen molar-refractivity contribution < 1.29 is 111 Å². The molecule has 1 amide bonds. The molecule has 25 nitrogen and oxygen atoms in total. The van der Waals surface area contributed by atoms with Crippen molar-refractivity contribution in [2.75, 3.05) is 72.9 Å². The van der Waals surface area contributed by atoms with Crippen molar-refractivity contribution >= 4 is 116 Å². The number of amides is 1. The number of Topliss-reactive ketones (excluding diaryl/α,β-unsaturated/α-hetero) is 1. The van der Waals surface area contributed by atoms with Crippen molar-refractivity contribution in [3.05, 3.63) is 248 Å². The number of aryl methyl sites for hydroxylation is 1. The van der Waals surface area contributed by atoms with Gasteiger partial charge in [-0.3, -0.25) is 43.8 Å². The van der Waals surface area contributed by atoms with Gasteiger partial charge in [-0.25, -0.2) is 23.3 Å². The first kappa shape index (κ1) is 98.9. The number of aliphatic hydroxyl groups excluding tert-OH is 1. The minimum absolute atomic E-state index is 0. The minimum atomic E-state index is -3.88. The summed E-state index contributed by atoms with van der Waals surface area (Å²) in [5.74, 6) is 1.96. The van der Waals surface area contributed by atoms with Gasteiger partial charge in [0.25, 0.3) is 0 Å². The van der Waals surface area contributed by atoms with Crippen LogP contribution in [0.15, 0.2) is 206 Å². The fourth-order valence-electron chi connectivity index (χ4n) is 13.6. The van der Waals surface area contributed by atoms with Crippen LogP contribution in [0.4, 0.5) is 5.13 Å². The van der Waals surface area contributed by atoms with Gasteiger partial charge in [0.05, 0.1) is 118 Å². The summed E-state index contributed by atoms with van der Waals surface area (Å²) in [6.45, 7) is 4.46. The van der Waals surface area contributed by atoms with E-state index >= 15 is 0 Å². The van der Waals surface area contributed by atoms with Crippen molar-refractivity contribution in [1.82, 2.24) is 19.9 Å². The number of anilines is 1. The Morgan fingerprint density at radius 2 is 0.893 bits per heavy atom. The maximum absolute atomic E-state index is 13.2. The van der Waals surface area contributed by atoms with E-state index in [1.165, 1.54) is 26.2 Å². The van der Waals surface area contributed by atoms with Crippen LogP contribution in [0.3, 0.4) is 0 Å². The molecule has 6 aliphatic rings. The molecule has 10 heterocycles. The molecule has 0 spiro atoms. The molecule has 16 rings (SSSR count).